The van der Waals surface area contributed by atoms with Gasteiger partial charge in [0.2, 0.25) is 12.7 Å². The van der Waals surface area contributed by atoms with Crippen LogP contribution in [0.15, 0.2) is 72.8 Å². The molecule has 35 heavy (non-hydrogen) atoms. The predicted molar refractivity (Wildman–Crippen MR) is 135 cm³/mol. The van der Waals surface area contributed by atoms with Gasteiger partial charge in [-0.3, -0.25) is 14.5 Å². The summed E-state index contributed by atoms with van der Waals surface area (Å²) in [7, 11) is 1.58. The first-order chi connectivity index (χ1) is 17.0. The minimum absolute atomic E-state index is 0.0505. The van der Waals surface area contributed by atoms with E-state index in [4.69, 9.17) is 26.4 Å². The van der Waals surface area contributed by atoms with Gasteiger partial charge in [-0.1, -0.05) is 24.3 Å². The van der Waals surface area contributed by atoms with Crippen molar-refractivity contribution in [2.24, 2.45) is 0 Å². The van der Waals surface area contributed by atoms with Gasteiger partial charge in [-0.05, 0) is 66.3 Å². The lowest BCUT2D eigenvalue weighted by atomic mass is 10.1. The number of nitrogens with zero attached hydrogens (tertiary/aromatic N) is 2. The number of para-hydroxylation sites is 1. The Labute approximate surface area is 208 Å². The van der Waals surface area contributed by atoms with E-state index >= 15 is 0 Å². The normalized spacial score (nSPS) is 16.5. The Kier molecular flexibility index (Phi) is 6.24. The van der Waals surface area contributed by atoms with E-state index in [1.54, 1.807) is 48.4 Å². The summed E-state index contributed by atoms with van der Waals surface area (Å²) in [5, 5.41) is 3.19. The number of rotatable bonds is 7. The number of fused-ring (bicyclic) bond motifs is 1. The van der Waals surface area contributed by atoms with Crippen LogP contribution in [0.4, 0.5) is 11.4 Å². The Morgan fingerprint density at radius 3 is 2.54 bits per heavy atom. The van der Waals surface area contributed by atoms with Crippen LogP contribution in [0, 0.1) is 0 Å². The lowest BCUT2D eigenvalue weighted by Gasteiger charge is -2.24. The maximum absolute atomic E-state index is 13.6. The van der Waals surface area contributed by atoms with E-state index in [9.17, 15) is 9.59 Å². The maximum atomic E-state index is 13.6. The van der Waals surface area contributed by atoms with Crippen molar-refractivity contribution in [3.63, 3.8) is 0 Å². The molecule has 0 saturated carbocycles. The Morgan fingerprint density at radius 1 is 1.06 bits per heavy atom. The third-order valence-corrected chi connectivity index (χ3v) is 6.29. The zero-order valence-corrected chi connectivity index (χ0v) is 19.8. The predicted octanol–water partition coefficient (Wildman–Crippen LogP) is 3.96. The van der Waals surface area contributed by atoms with E-state index in [0.717, 1.165) is 5.56 Å². The van der Waals surface area contributed by atoms with Crippen molar-refractivity contribution >= 4 is 40.5 Å². The molecule has 1 atom stereocenters. The third kappa shape index (κ3) is 4.63. The minimum atomic E-state index is -0.765. The van der Waals surface area contributed by atoms with Crippen LogP contribution in [0.1, 0.15) is 12.0 Å². The molecule has 2 aliphatic heterocycles. The summed E-state index contributed by atoms with van der Waals surface area (Å²) in [5.74, 6) is 1.45. The van der Waals surface area contributed by atoms with Crippen molar-refractivity contribution in [2.75, 3.05) is 24.1 Å². The first kappa shape index (κ1) is 22.7. The average molecular weight is 490 g/mol. The maximum Gasteiger partial charge on any atom is 0.256 e. The number of hydrogen-bond acceptors (Lipinski definition) is 6. The molecule has 3 aromatic carbocycles. The van der Waals surface area contributed by atoms with Crippen LogP contribution in [0.5, 0.6) is 17.2 Å². The number of ether oxygens (including phenoxy) is 3. The van der Waals surface area contributed by atoms with Crippen molar-refractivity contribution in [1.29, 1.82) is 0 Å². The Hall–Kier alpha value is -4.11. The largest absolute Gasteiger partial charge is 0.497 e. The minimum Gasteiger partial charge on any atom is -0.497 e. The Bertz CT molecular complexity index is 1270. The summed E-state index contributed by atoms with van der Waals surface area (Å²) >= 11 is 5.75. The van der Waals surface area contributed by atoms with E-state index in [0.29, 0.717) is 40.3 Å². The highest BCUT2D eigenvalue weighted by Crippen LogP contribution is 2.35. The monoisotopic (exact) mass is 489 g/mol. The van der Waals surface area contributed by atoms with Crippen LogP contribution < -0.4 is 24.4 Å². The SMILES string of the molecule is COc1ccc(N2C(=O)C(CC(=O)Nc3ccccc3)N(Cc3ccc4c(c3)OCO4)C2=S)cc1. The van der Waals surface area contributed by atoms with Gasteiger partial charge in [0.25, 0.3) is 5.91 Å². The fourth-order valence-corrected chi connectivity index (χ4v) is 4.51. The number of methoxy groups -OCH3 is 1. The fourth-order valence-electron chi connectivity index (χ4n) is 4.13. The highest BCUT2D eigenvalue weighted by molar-refractivity contribution is 7.80. The van der Waals surface area contributed by atoms with E-state index in [1.165, 1.54) is 4.90 Å². The molecular formula is C26H23N3O5S. The van der Waals surface area contributed by atoms with Gasteiger partial charge < -0.3 is 24.4 Å². The number of anilines is 2. The summed E-state index contributed by atoms with van der Waals surface area (Å²) in [5.41, 5.74) is 2.16. The smallest absolute Gasteiger partial charge is 0.256 e. The molecule has 1 saturated heterocycles. The van der Waals surface area contributed by atoms with Gasteiger partial charge in [0.1, 0.15) is 11.8 Å². The average Bonchev–Trinajstić information content (AvgIpc) is 3.43. The second-order valence-corrected chi connectivity index (χ2v) is 8.47. The van der Waals surface area contributed by atoms with Gasteiger partial charge in [-0.2, -0.15) is 0 Å². The topological polar surface area (TPSA) is 80.3 Å². The lowest BCUT2D eigenvalue weighted by molar-refractivity contribution is -0.124. The molecule has 1 unspecified atom stereocenters. The van der Waals surface area contributed by atoms with Crippen molar-refractivity contribution in [1.82, 2.24) is 4.90 Å². The molecule has 2 aliphatic rings. The van der Waals surface area contributed by atoms with Crippen LogP contribution in [0.3, 0.4) is 0 Å². The van der Waals surface area contributed by atoms with Gasteiger partial charge in [-0.25, -0.2) is 0 Å². The van der Waals surface area contributed by atoms with Gasteiger partial charge >= 0.3 is 0 Å². The van der Waals surface area contributed by atoms with Crippen LogP contribution in [-0.2, 0) is 16.1 Å². The standard InChI is InChI=1S/C26H23N3O5S/c1-32-20-10-8-19(9-11-20)29-25(31)21(14-24(30)27-18-5-3-2-4-6-18)28(26(29)35)15-17-7-12-22-23(13-17)34-16-33-22/h2-13,21H,14-16H2,1H3,(H,27,30). The van der Waals surface area contributed by atoms with Gasteiger partial charge in [-0.15, -0.1) is 0 Å². The second kappa shape index (κ2) is 9.63. The van der Waals surface area contributed by atoms with Crippen molar-refractivity contribution in [3.8, 4) is 17.2 Å². The van der Waals surface area contributed by atoms with E-state index in [2.05, 4.69) is 5.32 Å². The number of nitrogens with one attached hydrogen (secondary N) is 1. The zero-order valence-electron chi connectivity index (χ0n) is 19.0. The molecule has 3 aromatic rings. The molecule has 2 heterocycles. The van der Waals surface area contributed by atoms with Crippen LogP contribution >= 0.6 is 12.2 Å². The molecule has 0 spiro atoms. The number of carbonyl (C=O) groups excluding carboxylic acids is 2. The summed E-state index contributed by atoms with van der Waals surface area (Å²) in [6, 6.07) is 21.0. The first-order valence-corrected chi connectivity index (χ1v) is 11.5. The van der Waals surface area contributed by atoms with Gasteiger partial charge in [0.15, 0.2) is 16.6 Å². The molecule has 9 heteroatoms. The molecule has 2 amide bonds. The summed E-state index contributed by atoms with van der Waals surface area (Å²) in [6.07, 6.45) is -0.0505. The number of hydrogen-bond donors (Lipinski definition) is 1. The molecule has 5 rings (SSSR count). The number of amides is 2. The van der Waals surface area contributed by atoms with Gasteiger partial charge in [0, 0.05) is 12.2 Å². The van der Waals surface area contributed by atoms with Crippen LogP contribution in [0.25, 0.3) is 0 Å². The lowest BCUT2D eigenvalue weighted by Crippen LogP contribution is -2.37. The van der Waals surface area contributed by atoms with Crippen LogP contribution in [0.2, 0.25) is 0 Å². The molecule has 0 bridgehead atoms. The fraction of sp³-hybridized carbons (Fsp3) is 0.192. The highest BCUT2D eigenvalue weighted by Gasteiger charge is 2.44. The highest BCUT2D eigenvalue weighted by atomic mass is 32.1. The van der Waals surface area contributed by atoms with Gasteiger partial charge in [0.05, 0.1) is 19.2 Å². The Morgan fingerprint density at radius 2 is 1.80 bits per heavy atom. The number of carbonyl (C=O) groups is 2. The van der Waals surface area contributed by atoms with E-state index in [1.807, 2.05) is 36.4 Å². The molecule has 0 aromatic heterocycles. The molecule has 1 N–H and O–H groups in total. The van der Waals surface area contributed by atoms with E-state index in [-0.39, 0.29) is 25.0 Å². The number of benzene rings is 3. The summed E-state index contributed by atoms with van der Waals surface area (Å²) in [6.45, 7) is 0.504. The molecule has 178 valence electrons. The van der Waals surface area contributed by atoms with Crippen LogP contribution in [-0.4, -0.2) is 41.8 Å². The second-order valence-electron chi connectivity index (χ2n) is 8.10. The quantitative estimate of drug-likeness (QED) is 0.504. The first-order valence-electron chi connectivity index (χ1n) is 11.1. The van der Waals surface area contributed by atoms with Crippen molar-refractivity contribution < 1.29 is 23.8 Å². The molecule has 8 nitrogen and oxygen atoms in total. The molecule has 0 radical (unpaired) electrons. The number of thiocarbonyl (C=S) groups is 1. The molecule has 0 aliphatic carbocycles. The molecule has 1 fully saturated rings. The summed E-state index contributed by atoms with van der Waals surface area (Å²) in [4.78, 5) is 29.7. The van der Waals surface area contributed by atoms with E-state index < -0.39 is 6.04 Å². The van der Waals surface area contributed by atoms with Crippen molar-refractivity contribution in [3.05, 3.63) is 78.4 Å². The molecular weight excluding hydrogens is 466 g/mol. The third-order valence-electron chi connectivity index (χ3n) is 5.88. The zero-order chi connectivity index (χ0) is 24.4. The Balaban J connectivity index is 1.42. The summed E-state index contributed by atoms with van der Waals surface area (Å²) < 4.78 is 16.1. The van der Waals surface area contributed by atoms with Crippen molar-refractivity contribution in [2.45, 2.75) is 19.0 Å².